The van der Waals surface area contributed by atoms with E-state index in [1.165, 1.54) is 12.8 Å². The molecule has 1 fully saturated rings. The maximum atomic E-state index is 12.0. The quantitative estimate of drug-likeness (QED) is 0.933. The van der Waals surface area contributed by atoms with Gasteiger partial charge >= 0.3 is 0 Å². The summed E-state index contributed by atoms with van der Waals surface area (Å²) in [5.41, 5.74) is 1.68. The Bertz CT molecular complexity index is 611. The molecule has 2 aromatic heterocycles. The topological polar surface area (TPSA) is 50.2 Å². The van der Waals surface area contributed by atoms with Gasteiger partial charge in [0.2, 0.25) is 0 Å². The highest BCUT2D eigenvalue weighted by molar-refractivity contribution is 5.92. The van der Waals surface area contributed by atoms with Crippen LogP contribution >= 0.6 is 0 Å². The van der Waals surface area contributed by atoms with E-state index in [2.05, 4.69) is 15.2 Å². The Labute approximate surface area is 124 Å². The number of carbonyl (C=O) groups excluding carboxylic acids is 1. The molecule has 1 amide bonds. The lowest BCUT2D eigenvalue weighted by atomic mass is 10.2. The summed E-state index contributed by atoms with van der Waals surface area (Å²) in [5.74, 6) is 0.969. The molecule has 5 nitrogen and oxygen atoms in total. The Morgan fingerprint density at radius 2 is 2.10 bits per heavy atom. The van der Waals surface area contributed by atoms with Crippen molar-refractivity contribution in [3.63, 3.8) is 0 Å². The Morgan fingerprint density at radius 1 is 1.29 bits per heavy atom. The van der Waals surface area contributed by atoms with Crippen LogP contribution < -0.4 is 10.2 Å². The largest absolute Gasteiger partial charge is 0.357 e. The van der Waals surface area contributed by atoms with E-state index in [4.69, 9.17) is 0 Å². The van der Waals surface area contributed by atoms with Crippen LogP contribution in [-0.4, -0.2) is 28.5 Å². The third kappa shape index (κ3) is 3.07. The number of hydrogen-bond acceptors (Lipinski definition) is 3. The second-order valence-corrected chi connectivity index (χ2v) is 5.41. The first-order chi connectivity index (χ1) is 10.2. The molecule has 2 aromatic rings. The van der Waals surface area contributed by atoms with Gasteiger partial charge in [0, 0.05) is 39.1 Å². The molecule has 1 saturated heterocycles. The van der Waals surface area contributed by atoms with Crippen LogP contribution in [0.4, 0.5) is 5.82 Å². The van der Waals surface area contributed by atoms with Crippen molar-refractivity contribution in [1.82, 2.24) is 14.9 Å². The number of hydrogen-bond donors (Lipinski definition) is 1. The first kappa shape index (κ1) is 13.7. The van der Waals surface area contributed by atoms with Gasteiger partial charge in [-0.25, -0.2) is 4.98 Å². The summed E-state index contributed by atoms with van der Waals surface area (Å²) < 4.78 is 1.81. The molecule has 0 bridgehead atoms. The highest BCUT2D eigenvalue weighted by atomic mass is 16.1. The molecule has 1 aliphatic rings. The van der Waals surface area contributed by atoms with Crippen LogP contribution in [0, 0.1) is 0 Å². The number of aryl methyl sites for hydroxylation is 1. The van der Waals surface area contributed by atoms with Crippen molar-refractivity contribution in [2.45, 2.75) is 19.4 Å². The molecule has 1 N–H and O–H groups in total. The molecule has 0 aromatic carbocycles. The SMILES string of the molecule is Cn1cccc1C(=O)NCc1ccc(N2CCCC2)nc1. The zero-order valence-electron chi connectivity index (χ0n) is 12.2. The van der Waals surface area contributed by atoms with E-state index in [9.17, 15) is 4.79 Å². The zero-order valence-corrected chi connectivity index (χ0v) is 12.2. The molecular formula is C16H20N4O. The van der Waals surface area contributed by atoms with Crippen LogP contribution in [-0.2, 0) is 13.6 Å². The average molecular weight is 284 g/mol. The van der Waals surface area contributed by atoms with Crippen LogP contribution in [0.2, 0.25) is 0 Å². The molecule has 3 rings (SSSR count). The van der Waals surface area contributed by atoms with Crippen molar-refractivity contribution in [2.24, 2.45) is 7.05 Å². The average Bonchev–Trinajstić information content (AvgIpc) is 3.16. The summed E-state index contributed by atoms with van der Waals surface area (Å²) in [6.45, 7) is 2.68. The second kappa shape index (κ2) is 5.99. The molecule has 0 radical (unpaired) electrons. The summed E-state index contributed by atoms with van der Waals surface area (Å²) >= 11 is 0. The lowest BCUT2D eigenvalue weighted by Gasteiger charge is -2.16. The van der Waals surface area contributed by atoms with E-state index in [0.717, 1.165) is 24.5 Å². The van der Waals surface area contributed by atoms with Crippen molar-refractivity contribution in [3.05, 3.63) is 47.9 Å². The van der Waals surface area contributed by atoms with E-state index in [-0.39, 0.29) is 5.91 Å². The smallest absolute Gasteiger partial charge is 0.268 e. The molecule has 0 atom stereocenters. The predicted octanol–water partition coefficient (Wildman–Crippen LogP) is 1.95. The highest BCUT2D eigenvalue weighted by Gasteiger charge is 2.13. The Kier molecular flexibility index (Phi) is 3.90. The molecule has 0 unspecified atom stereocenters. The van der Waals surface area contributed by atoms with Crippen molar-refractivity contribution in [3.8, 4) is 0 Å². The van der Waals surface area contributed by atoms with Gasteiger partial charge < -0.3 is 14.8 Å². The van der Waals surface area contributed by atoms with Crippen molar-refractivity contribution in [2.75, 3.05) is 18.0 Å². The summed E-state index contributed by atoms with van der Waals surface area (Å²) in [5, 5.41) is 2.92. The summed E-state index contributed by atoms with van der Waals surface area (Å²) in [6, 6.07) is 7.74. The van der Waals surface area contributed by atoms with Crippen molar-refractivity contribution >= 4 is 11.7 Å². The molecule has 21 heavy (non-hydrogen) atoms. The minimum atomic E-state index is -0.0638. The molecule has 3 heterocycles. The first-order valence-corrected chi connectivity index (χ1v) is 7.33. The van der Waals surface area contributed by atoms with E-state index in [1.807, 2.05) is 48.3 Å². The van der Waals surface area contributed by atoms with Crippen LogP contribution in [0.3, 0.4) is 0 Å². The Morgan fingerprint density at radius 3 is 2.71 bits per heavy atom. The zero-order chi connectivity index (χ0) is 14.7. The third-order valence-electron chi connectivity index (χ3n) is 3.87. The standard InChI is InChI=1S/C16H20N4O/c1-19-8-4-5-14(19)16(21)18-12-13-6-7-15(17-11-13)20-9-2-3-10-20/h4-8,11H,2-3,9-10,12H2,1H3,(H,18,21). The number of nitrogens with zero attached hydrogens (tertiary/aromatic N) is 3. The van der Waals surface area contributed by atoms with Crippen molar-refractivity contribution < 1.29 is 4.79 Å². The number of aromatic nitrogens is 2. The molecule has 0 spiro atoms. The monoisotopic (exact) mass is 284 g/mol. The maximum absolute atomic E-state index is 12.0. The van der Waals surface area contributed by atoms with Gasteiger partial charge in [-0.2, -0.15) is 0 Å². The summed E-state index contributed by atoms with van der Waals surface area (Å²) in [6.07, 6.45) is 6.20. The minimum absolute atomic E-state index is 0.0638. The van der Waals surface area contributed by atoms with Gasteiger partial charge in [0.1, 0.15) is 11.5 Å². The fraction of sp³-hybridized carbons (Fsp3) is 0.375. The molecule has 0 aliphatic carbocycles. The molecule has 0 saturated carbocycles. The summed E-state index contributed by atoms with van der Waals surface area (Å²) in [7, 11) is 1.86. The van der Waals surface area contributed by atoms with E-state index in [0.29, 0.717) is 12.2 Å². The van der Waals surface area contributed by atoms with E-state index >= 15 is 0 Å². The van der Waals surface area contributed by atoms with E-state index in [1.54, 1.807) is 0 Å². The molecule has 110 valence electrons. The number of pyridine rings is 1. The molecule has 5 heteroatoms. The maximum Gasteiger partial charge on any atom is 0.268 e. The number of nitrogens with one attached hydrogen (secondary N) is 1. The normalized spacial score (nSPS) is 14.4. The molecular weight excluding hydrogens is 264 g/mol. The van der Waals surface area contributed by atoms with E-state index < -0.39 is 0 Å². The Hall–Kier alpha value is -2.30. The van der Waals surface area contributed by atoms with Crippen LogP contribution in [0.5, 0.6) is 0 Å². The van der Waals surface area contributed by atoms with Crippen LogP contribution in [0.15, 0.2) is 36.7 Å². The third-order valence-corrected chi connectivity index (χ3v) is 3.87. The van der Waals surface area contributed by atoms with Gasteiger partial charge in [-0.3, -0.25) is 4.79 Å². The number of carbonyl (C=O) groups is 1. The van der Waals surface area contributed by atoms with Crippen LogP contribution in [0.1, 0.15) is 28.9 Å². The fourth-order valence-electron chi connectivity index (χ4n) is 2.62. The number of amides is 1. The Balaban J connectivity index is 1.58. The van der Waals surface area contributed by atoms with Crippen molar-refractivity contribution in [1.29, 1.82) is 0 Å². The first-order valence-electron chi connectivity index (χ1n) is 7.33. The number of rotatable bonds is 4. The lowest BCUT2D eigenvalue weighted by molar-refractivity contribution is 0.0943. The van der Waals surface area contributed by atoms with Gasteiger partial charge in [0.25, 0.3) is 5.91 Å². The summed E-state index contributed by atoms with van der Waals surface area (Å²) in [4.78, 5) is 18.8. The van der Waals surface area contributed by atoms with Gasteiger partial charge in [0.15, 0.2) is 0 Å². The molecule has 1 aliphatic heterocycles. The second-order valence-electron chi connectivity index (χ2n) is 5.41. The fourth-order valence-corrected chi connectivity index (χ4v) is 2.62. The van der Waals surface area contributed by atoms with Gasteiger partial charge in [-0.15, -0.1) is 0 Å². The van der Waals surface area contributed by atoms with Crippen LogP contribution in [0.25, 0.3) is 0 Å². The minimum Gasteiger partial charge on any atom is -0.357 e. The predicted molar refractivity (Wildman–Crippen MR) is 82.3 cm³/mol. The van der Waals surface area contributed by atoms with Gasteiger partial charge in [0.05, 0.1) is 0 Å². The van der Waals surface area contributed by atoms with Gasteiger partial charge in [-0.05, 0) is 36.6 Å². The van der Waals surface area contributed by atoms with Gasteiger partial charge in [-0.1, -0.05) is 6.07 Å². The number of anilines is 1. The highest BCUT2D eigenvalue weighted by Crippen LogP contribution is 2.17. The lowest BCUT2D eigenvalue weighted by Crippen LogP contribution is -2.25.